The van der Waals surface area contributed by atoms with Crippen LogP contribution in [0.15, 0.2) is 30.3 Å². The van der Waals surface area contributed by atoms with Crippen molar-refractivity contribution in [1.29, 1.82) is 0 Å². The van der Waals surface area contributed by atoms with Crippen LogP contribution < -0.4 is 21.3 Å². The molecule has 0 saturated carbocycles. The van der Waals surface area contributed by atoms with Crippen LogP contribution in [0.4, 0.5) is 0 Å². The summed E-state index contributed by atoms with van der Waals surface area (Å²) < 4.78 is 0. The maximum Gasteiger partial charge on any atom is 0.289 e. The van der Waals surface area contributed by atoms with Gasteiger partial charge in [-0.1, -0.05) is 30.3 Å². The Morgan fingerprint density at radius 2 is 1.72 bits per heavy atom. The molecule has 134 valence electrons. The number of amides is 4. The molecule has 9 heteroatoms. The molecule has 0 saturated heterocycles. The van der Waals surface area contributed by atoms with Gasteiger partial charge in [0.05, 0.1) is 13.1 Å². The molecule has 9 nitrogen and oxygen atoms in total. The number of hydrogen-bond donors (Lipinski definition) is 4. The van der Waals surface area contributed by atoms with E-state index in [1.54, 1.807) is 12.1 Å². The Labute approximate surface area is 144 Å². The van der Waals surface area contributed by atoms with Crippen LogP contribution in [0.25, 0.3) is 0 Å². The second-order valence-electron chi connectivity index (χ2n) is 5.10. The fourth-order valence-corrected chi connectivity index (χ4v) is 1.77. The van der Waals surface area contributed by atoms with E-state index in [4.69, 9.17) is 0 Å². The van der Waals surface area contributed by atoms with E-state index in [9.17, 15) is 24.0 Å². The molecule has 1 atom stereocenters. The summed E-state index contributed by atoms with van der Waals surface area (Å²) in [5, 5.41) is 9.21. The number of ketones is 1. The number of hydrogen-bond acceptors (Lipinski definition) is 5. The largest absolute Gasteiger partial charge is 0.350 e. The molecule has 1 aromatic carbocycles. The highest BCUT2D eigenvalue weighted by Crippen LogP contribution is 1.96. The van der Waals surface area contributed by atoms with Gasteiger partial charge in [0.25, 0.3) is 5.91 Å². The van der Waals surface area contributed by atoms with Crippen molar-refractivity contribution in [2.24, 2.45) is 0 Å². The zero-order chi connectivity index (χ0) is 18.7. The number of carbonyl (C=O) groups excluding carboxylic acids is 5. The van der Waals surface area contributed by atoms with Gasteiger partial charge in [0.15, 0.2) is 0 Å². The van der Waals surface area contributed by atoms with Gasteiger partial charge in [-0.2, -0.15) is 0 Å². The van der Waals surface area contributed by atoms with Crippen LogP contribution in [-0.2, 0) is 30.5 Å². The minimum atomic E-state index is -0.916. The Kier molecular flexibility index (Phi) is 8.34. The van der Waals surface area contributed by atoms with Crippen molar-refractivity contribution in [3.8, 4) is 0 Å². The van der Waals surface area contributed by atoms with Crippen molar-refractivity contribution in [1.82, 2.24) is 21.3 Å². The molecule has 0 radical (unpaired) electrons. The lowest BCUT2D eigenvalue weighted by Gasteiger charge is -2.13. The molecule has 0 aliphatic rings. The minimum Gasteiger partial charge on any atom is -0.350 e. The molecular formula is C16H20N4O5. The summed E-state index contributed by atoms with van der Waals surface area (Å²) in [6.45, 7) is 0.873. The second kappa shape index (κ2) is 10.5. The highest BCUT2D eigenvalue weighted by Gasteiger charge is 2.18. The number of benzene rings is 1. The summed E-state index contributed by atoms with van der Waals surface area (Å²) in [6.07, 6.45) is 0.358. The van der Waals surface area contributed by atoms with Gasteiger partial charge in [-0.15, -0.1) is 0 Å². The van der Waals surface area contributed by atoms with Crippen LogP contribution in [0.3, 0.4) is 0 Å². The maximum atomic E-state index is 11.8. The summed E-state index contributed by atoms with van der Waals surface area (Å²) in [4.78, 5) is 56.5. The lowest BCUT2D eigenvalue weighted by atomic mass is 10.2. The SMILES string of the molecule is CC(NC(=O)CNC=O)C(=O)NCC(=O)C(=O)NCc1ccccc1. The first kappa shape index (κ1) is 19.8. The Hall–Kier alpha value is -3.23. The predicted octanol–water partition coefficient (Wildman–Crippen LogP) is -1.76. The maximum absolute atomic E-state index is 11.8. The third-order valence-corrected chi connectivity index (χ3v) is 3.09. The van der Waals surface area contributed by atoms with Crippen molar-refractivity contribution in [2.45, 2.75) is 19.5 Å². The molecule has 1 rings (SSSR count). The molecule has 0 fully saturated rings. The van der Waals surface area contributed by atoms with Gasteiger partial charge in [0, 0.05) is 6.54 Å². The highest BCUT2D eigenvalue weighted by atomic mass is 16.2. The summed E-state index contributed by atoms with van der Waals surface area (Å²) in [5.41, 5.74) is 0.841. The zero-order valence-electron chi connectivity index (χ0n) is 13.7. The van der Waals surface area contributed by atoms with Gasteiger partial charge < -0.3 is 21.3 Å². The topological polar surface area (TPSA) is 133 Å². The molecule has 0 bridgehead atoms. The summed E-state index contributed by atoms with van der Waals surface area (Å²) in [5.74, 6) is -2.79. The Morgan fingerprint density at radius 1 is 1.04 bits per heavy atom. The molecule has 4 N–H and O–H groups in total. The predicted molar refractivity (Wildman–Crippen MR) is 88.0 cm³/mol. The van der Waals surface area contributed by atoms with E-state index >= 15 is 0 Å². The van der Waals surface area contributed by atoms with Gasteiger partial charge >= 0.3 is 0 Å². The average molecular weight is 348 g/mol. The Balaban J connectivity index is 2.31. The number of carbonyl (C=O) groups is 5. The van der Waals surface area contributed by atoms with E-state index in [1.165, 1.54) is 6.92 Å². The molecular weight excluding hydrogens is 328 g/mol. The highest BCUT2D eigenvalue weighted by molar-refractivity contribution is 6.37. The lowest BCUT2D eigenvalue weighted by molar-refractivity contribution is -0.138. The molecule has 0 aliphatic carbocycles. The van der Waals surface area contributed by atoms with Crippen LogP contribution in [0.5, 0.6) is 0 Å². The van der Waals surface area contributed by atoms with E-state index in [1.807, 2.05) is 18.2 Å². The summed E-state index contributed by atoms with van der Waals surface area (Å²) in [7, 11) is 0. The molecule has 0 aliphatic heterocycles. The van der Waals surface area contributed by atoms with Crippen molar-refractivity contribution in [3.63, 3.8) is 0 Å². The fourth-order valence-electron chi connectivity index (χ4n) is 1.77. The monoisotopic (exact) mass is 348 g/mol. The second-order valence-corrected chi connectivity index (χ2v) is 5.10. The van der Waals surface area contributed by atoms with Crippen molar-refractivity contribution < 1.29 is 24.0 Å². The molecule has 0 heterocycles. The quantitative estimate of drug-likeness (QED) is 0.294. The minimum absolute atomic E-state index is 0.204. The lowest BCUT2D eigenvalue weighted by Crippen LogP contribution is -2.49. The normalized spacial score (nSPS) is 10.9. The molecule has 25 heavy (non-hydrogen) atoms. The standard InChI is InChI=1S/C16H20N4O5/c1-11(20-14(23)9-17-10-21)15(24)19-8-13(22)16(25)18-7-12-5-3-2-4-6-12/h2-6,10-11H,7-9H2,1H3,(H,17,21)(H,18,25)(H,19,24)(H,20,23). The number of Topliss-reactive ketones (excluding diaryl/α,β-unsaturated/α-hetero) is 1. The van der Waals surface area contributed by atoms with Crippen molar-refractivity contribution in [2.75, 3.05) is 13.1 Å². The van der Waals surface area contributed by atoms with Crippen molar-refractivity contribution in [3.05, 3.63) is 35.9 Å². The first-order chi connectivity index (χ1) is 11.9. The van der Waals surface area contributed by atoms with E-state index in [0.29, 0.717) is 6.41 Å². The van der Waals surface area contributed by atoms with Gasteiger partial charge in [-0.05, 0) is 12.5 Å². The third kappa shape index (κ3) is 7.73. The molecule has 1 aromatic rings. The van der Waals surface area contributed by atoms with E-state index in [2.05, 4.69) is 21.3 Å². The zero-order valence-corrected chi connectivity index (χ0v) is 13.7. The van der Waals surface area contributed by atoms with E-state index < -0.39 is 36.1 Å². The smallest absolute Gasteiger partial charge is 0.289 e. The van der Waals surface area contributed by atoms with Crippen LogP contribution in [-0.4, -0.2) is 49.0 Å². The first-order valence-corrected chi connectivity index (χ1v) is 7.53. The van der Waals surface area contributed by atoms with Crippen molar-refractivity contribution >= 4 is 29.9 Å². The molecule has 0 aromatic heterocycles. The fraction of sp³-hybridized carbons (Fsp3) is 0.312. The van der Waals surface area contributed by atoms with Crippen LogP contribution in [0.1, 0.15) is 12.5 Å². The number of nitrogens with one attached hydrogen (secondary N) is 4. The van der Waals surface area contributed by atoms with Crippen LogP contribution in [0.2, 0.25) is 0 Å². The van der Waals surface area contributed by atoms with Gasteiger partial charge in [0.1, 0.15) is 6.04 Å². The molecule has 4 amide bonds. The summed E-state index contributed by atoms with van der Waals surface area (Å²) in [6, 6.07) is 8.14. The van der Waals surface area contributed by atoms with E-state index in [0.717, 1.165) is 5.56 Å². The van der Waals surface area contributed by atoms with Gasteiger partial charge in [0.2, 0.25) is 24.0 Å². The first-order valence-electron chi connectivity index (χ1n) is 7.53. The Bertz CT molecular complexity index is 633. The van der Waals surface area contributed by atoms with Crippen LogP contribution in [0, 0.1) is 0 Å². The molecule has 1 unspecified atom stereocenters. The van der Waals surface area contributed by atoms with Gasteiger partial charge in [-0.25, -0.2) is 0 Å². The number of rotatable bonds is 10. The van der Waals surface area contributed by atoms with E-state index in [-0.39, 0.29) is 13.1 Å². The summed E-state index contributed by atoms with van der Waals surface area (Å²) >= 11 is 0. The Morgan fingerprint density at radius 3 is 2.36 bits per heavy atom. The average Bonchev–Trinajstić information content (AvgIpc) is 2.62. The van der Waals surface area contributed by atoms with Gasteiger partial charge in [-0.3, -0.25) is 24.0 Å². The van der Waals surface area contributed by atoms with Crippen LogP contribution >= 0.6 is 0 Å². The third-order valence-electron chi connectivity index (χ3n) is 3.09. The molecule has 0 spiro atoms.